The van der Waals surface area contributed by atoms with Gasteiger partial charge in [0.05, 0.1) is 12.2 Å². The number of fused-ring (bicyclic) bond motifs is 5. The van der Waals surface area contributed by atoms with Crippen LogP contribution in [-0.2, 0) is 4.79 Å². The van der Waals surface area contributed by atoms with E-state index in [9.17, 15) is 15.0 Å². The van der Waals surface area contributed by atoms with Gasteiger partial charge in [0.15, 0.2) is 0 Å². The molecular formula is C29H47N3O3S. The van der Waals surface area contributed by atoms with E-state index in [4.69, 9.17) is 0 Å². The van der Waals surface area contributed by atoms with E-state index in [1.165, 1.54) is 37.0 Å². The van der Waals surface area contributed by atoms with Gasteiger partial charge in [0, 0.05) is 12.3 Å². The molecular weight excluding hydrogens is 470 g/mol. The largest absolute Gasteiger partial charge is 0.393 e. The van der Waals surface area contributed by atoms with Crippen molar-refractivity contribution in [3.8, 4) is 0 Å². The summed E-state index contributed by atoms with van der Waals surface area (Å²) in [7, 11) is 0. The third-order valence-electron chi connectivity index (χ3n) is 11.4. The van der Waals surface area contributed by atoms with Crippen molar-refractivity contribution in [3.05, 3.63) is 5.01 Å². The molecule has 0 spiro atoms. The Kier molecular flexibility index (Phi) is 7.32. The fraction of sp³-hybridized carbons (Fsp3) is 0.897. The predicted octanol–water partition coefficient (Wildman–Crippen LogP) is 6.01. The monoisotopic (exact) mass is 517 g/mol. The standard InChI is InChI=1S/C29H47N3O3S/c1-16(2)26-31-32-27(36-26)30-24(35)9-6-17(3)20-7-8-21-25-22(11-13-29(20,21)5)28(4)12-10-19(33)14-18(28)15-23(25)34/h16-23,25,33-34H,6-15H2,1-5H3,(H,30,32,35). The van der Waals surface area contributed by atoms with Crippen molar-refractivity contribution in [2.75, 3.05) is 5.32 Å². The van der Waals surface area contributed by atoms with E-state index < -0.39 is 0 Å². The van der Waals surface area contributed by atoms with Gasteiger partial charge in [-0.25, -0.2) is 0 Å². The van der Waals surface area contributed by atoms with Crippen molar-refractivity contribution in [2.24, 2.45) is 46.3 Å². The minimum Gasteiger partial charge on any atom is -0.393 e. The maximum Gasteiger partial charge on any atom is 0.226 e. The molecule has 202 valence electrons. The lowest BCUT2D eigenvalue weighted by Crippen LogP contribution is -2.58. The zero-order chi connectivity index (χ0) is 25.8. The van der Waals surface area contributed by atoms with Crippen LogP contribution in [0.3, 0.4) is 0 Å². The lowest BCUT2D eigenvalue weighted by Gasteiger charge is -2.62. The summed E-state index contributed by atoms with van der Waals surface area (Å²) in [6.45, 7) is 11.5. The van der Waals surface area contributed by atoms with E-state index >= 15 is 0 Å². The molecule has 0 aromatic carbocycles. The van der Waals surface area contributed by atoms with Crippen LogP contribution in [0.1, 0.15) is 110 Å². The summed E-state index contributed by atoms with van der Waals surface area (Å²) in [6.07, 6.45) is 9.64. The van der Waals surface area contributed by atoms with E-state index in [2.05, 4.69) is 50.1 Å². The normalized spacial score (nSPS) is 42.9. The number of hydrogen-bond acceptors (Lipinski definition) is 6. The molecule has 0 bridgehead atoms. The molecule has 36 heavy (non-hydrogen) atoms. The number of aliphatic hydroxyl groups excluding tert-OH is 2. The van der Waals surface area contributed by atoms with Crippen LogP contribution in [0.2, 0.25) is 0 Å². The molecule has 5 rings (SSSR count). The Bertz CT molecular complexity index is 952. The molecule has 1 aromatic heterocycles. The van der Waals surface area contributed by atoms with Crippen LogP contribution in [-0.4, -0.2) is 38.5 Å². The maximum absolute atomic E-state index is 12.7. The molecule has 3 N–H and O–H groups in total. The summed E-state index contributed by atoms with van der Waals surface area (Å²) in [5.41, 5.74) is 0.521. The summed E-state index contributed by atoms with van der Waals surface area (Å²) in [5.74, 6) is 3.47. The summed E-state index contributed by atoms with van der Waals surface area (Å²) in [6, 6.07) is 0. The molecule has 1 amide bonds. The number of carbonyl (C=O) groups excluding carboxylic acids is 1. The summed E-state index contributed by atoms with van der Waals surface area (Å²) < 4.78 is 0. The van der Waals surface area contributed by atoms with Crippen LogP contribution in [0.5, 0.6) is 0 Å². The van der Waals surface area contributed by atoms with Crippen LogP contribution >= 0.6 is 11.3 Å². The molecule has 7 heteroatoms. The topological polar surface area (TPSA) is 95.3 Å². The van der Waals surface area contributed by atoms with Gasteiger partial charge in [0.25, 0.3) is 0 Å². The fourth-order valence-electron chi connectivity index (χ4n) is 9.44. The second-order valence-corrected chi connectivity index (χ2v) is 14.6. The fourth-order valence-corrected chi connectivity index (χ4v) is 10.2. The first-order valence-corrected chi connectivity index (χ1v) is 15.3. The molecule has 0 saturated heterocycles. The van der Waals surface area contributed by atoms with Crippen molar-refractivity contribution in [3.63, 3.8) is 0 Å². The average Bonchev–Trinajstić information content (AvgIpc) is 3.43. The number of rotatable bonds is 6. The van der Waals surface area contributed by atoms with Gasteiger partial charge >= 0.3 is 0 Å². The van der Waals surface area contributed by atoms with Crippen LogP contribution in [0.25, 0.3) is 0 Å². The van der Waals surface area contributed by atoms with Gasteiger partial charge in [-0.05, 0) is 104 Å². The highest BCUT2D eigenvalue weighted by molar-refractivity contribution is 7.15. The SMILES string of the molecule is CC(C)c1nnc(NC(=O)CCC(C)C2CCC3C4C(O)CC5CC(O)CCC5(C)C4CCC23C)s1. The third-order valence-corrected chi connectivity index (χ3v) is 12.6. The van der Waals surface area contributed by atoms with E-state index in [0.29, 0.717) is 53.0 Å². The molecule has 4 aliphatic carbocycles. The van der Waals surface area contributed by atoms with Crippen molar-refractivity contribution in [1.82, 2.24) is 10.2 Å². The number of nitrogens with one attached hydrogen (secondary N) is 1. The summed E-state index contributed by atoms with van der Waals surface area (Å²) >= 11 is 1.47. The zero-order valence-electron chi connectivity index (χ0n) is 22.9. The first-order valence-electron chi connectivity index (χ1n) is 14.5. The quantitative estimate of drug-likeness (QED) is 0.430. The van der Waals surface area contributed by atoms with Gasteiger partial charge in [-0.15, -0.1) is 10.2 Å². The van der Waals surface area contributed by atoms with Gasteiger partial charge in [-0.1, -0.05) is 46.0 Å². The Balaban J connectivity index is 1.22. The van der Waals surface area contributed by atoms with E-state index in [1.54, 1.807) is 0 Å². The Morgan fingerprint density at radius 2 is 1.75 bits per heavy atom. The highest BCUT2D eigenvalue weighted by Crippen LogP contribution is 2.68. The first kappa shape index (κ1) is 26.6. The molecule has 1 aromatic rings. The molecule has 4 saturated carbocycles. The predicted molar refractivity (Wildman–Crippen MR) is 144 cm³/mol. The van der Waals surface area contributed by atoms with Crippen molar-refractivity contribution < 1.29 is 15.0 Å². The smallest absolute Gasteiger partial charge is 0.226 e. The number of aliphatic hydroxyl groups is 2. The van der Waals surface area contributed by atoms with E-state index in [-0.39, 0.29) is 28.9 Å². The number of hydrogen-bond donors (Lipinski definition) is 3. The van der Waals surface area contributed by atoms with E-state index in [0.717, 1.165) is 37.1 Å². The Morgan fingerprint density at radius 3 is 2.47 bits per heavy atom. The Hall–Kier alpha value is -1.05. The summed E-state index contributed by atoms with van der Waals surface area (Å²) in [4.78, 5) is 12.7. The molecule has 10 unspecified atom stereocenters. The Labute approximate surface area is 221 Å². The lowest BCUT2D eigenvalue weighted by atomic mass is 9.43. The number of carbonyl (C=O) groups is 1. The van der Waals surface area contributed by atoms with Crippen molar-refractivity contribution in [2.45, 2.75) is 117 Å². The average molecular weight is 518 g/mol. The second kappa shape index (κ2) is 9.92. The highest BCUT2D eigenvalue weighted by atomic mass is 32.1. The third kappa shape index (κ3) is 4.55. The lowest BCUT2D eigenvalue weighted by molar-refractivity contribution is -0.174. The van der Waals surface area contributed by atoms with Gasteiger partial charge in [0.1, 0.15) is 5.01 Å². The second-order valence-electron chi connectivity index (χ2n) is 13.6. The minimum absolute atomic E-state index is 0.0397. The number of anilines is 1. The van der Waals surface area contributed by atoms with Gasteiger partial charge in [0.2, 0.25) is 11.0 Å². The maximum atomic E-state index is 12.7. The van der Waals surface area contributed by atoms with Crippen LogP contribution in [0.4, 0.5) is 5.13 Å². The molecule has 1 heterocycles. The van der Waals surface area contributed by atoms with Crippen LogP contribution in [0.15, 0.2) is 0 Å². The molecule has 0 radical (unpaired) electrons. The van der Waals surface area contributed by atoms with E-state index in [1.807, 2.05) is 0 Å². The minimum atomic E-state index is -0.231. The molecule has 10 atom stereocenters. The Morgan fingerprint density at radius 1 is 1.03 bits per heavy atom. The molecule has 4 fully saturated rings. The van der Waals surface area contributed by atoms with Crippen molar-refractivity contribution >= 4 is 22.4 Å². The first-order chi connectivity index (χ1) is 17.0. The molecule has 0 aliphatic heterocycles. The molecule has 6 nitrogen and oxygen atoms in total. The number of aromatic nitrogens is 2. The van der Waals surface area contributed by atoms with Crippen LogP contribution in [0, 0.1) is 46.3 Å². The van der Waals surface area contributed by atoms with Crippen LogP contribution < -0.4 is 5.32 Å². The van der Waals surface area contributed by atoms with Gasteiger partial charge < -0.3 is 15.5 Å². The summed E-state index contributed by atoms with van der Waals surface area (Å²) in [5, 5.41) is 34.6. The number of nitrogens with zero attached hydrogens (tertiary/aromatic N) is 2. The molecule has 4 aliphatic rings. The highest BCUT2D eigenvalue weighted by Gasteiger charge is 2.62. The van der Waals surface area contributed by atoms with Gasteiger partial charge in [-0.3, -0.25) is 4.79 Å². The van der Waals surface area contributed by atoms with Gasteiger partial charge in [-0.2, -0.15) is 0 Å². The zero-order valence-corrected chi connectivity index (χ0v) is 23.7. The van der Waals surface area contributed by atoms with Crippen molar-refractivity contribution in [1.29, 1.82) is 0 Å². The number of amides is 1.